The van der Waals surface area contributed by atoms with Crippen LogP contribution in [0.2, 0.25) is 0 Å². The van der Waals surface area contributed by atoms with E-state index in [1.807, 2.05) is 17.9 Å². The lowest BCUT2D eigenvalue weighted by Crippen LogP contribution is -2.42. The van der Waals surface area contributed by atoms with Gasteiger partial charge in [0, 0.05) is 13.2 Å². The molecule has 1 fully saturated rings. The number of nitrogens with zero attached hydrogens (tertiary/aromatic N) is 2. The lowest BCUT2D eigenvalue weighted by atomic mass is 9.71. The Bertz CT molecular complexity index is 377. The zero-order valence-corrected chi connectivity index (χ0v) is 11.8. The average molecular weight is 250 g/mol. The molecule has 1 aliphatic rings. The van der Waals surface area contributed by atoms with Gasteiger partial charge in [0.25, 0.3) is 0 Å². The molecule has 1 aliphatic carbocycles. The maximum Gasteiger partial charge on any atom is 0.0685 e. The van der Waals surface area contributed by atoms with Gasteiger partial charge in [-0.2, -0.15) is 5.10 Å². The first-order valence-corrected chi connectivity index (χ1v) is 7.03. The van der Waals surface area contributed by atoms with E-state index in [2.05, 4.69) is 30.4 Å². The molecule has 4 heteroatoms. The van der Waals surface area contributed by atoms with Gasteiger partial charge >= 0.3 is 0 Å². The van der Waals surface area contributed by atoms with Crippen molar-refractivity contribution in [1.82, 2.24) is 15.2 Å². The normalized spacial score (nSPS) is 20.5. The third kappa shape index (κ3) is 2.45. The average Bonchev–Trinajstić information content (AvgIpc) is 2.90. The first kappa shape index (κ1) is 13.6. The van der Waals surface area contributed by atoms with Crippen molar-refractivity contribution < 1.29 is 0 Å². The number of aryl methyl sites for hydroxylation is 1. The topological polar surface area (TPSA) is 55.9 Å². The van der Waals surface area contributed by atoms with Crippen molar-refractivity contribution in [3.8, 4) is 0 Å². The summed E-state index contributed by atoms with van der Waals surface area (Å²) in [6, 6.07) is 2.31. The maximum absolute atomic E-state index is 5.88. The van der Waals surface area contributed by atoms with Gasteiger partial charge in [-0.1, -0.05) is 26.7 Å². The second-order valence-corrected chi connectivity index (χ2v) is 6.15. The molecule has 4 nitrogen and oxygen atoms in total. The molecule has 0 bridgehead atoms. The highest BCUT2D eigenvalue weighted by Crippen LogP contribution is 2.51. The van der Waals surface area contributed by atoms with Gasteiger partial charge in [-0.25, -0.2) is 0 Å². The molecule has 18 heavy (non-hydrogen) atoms. The molecule has 1 heterocycles. The van der Waals surface area contributed by atoms with Crippen LogP contribution in [0.1, 0.15) is 57.7 Å². The highest BCUT2D eigenvalue weighted by Gasteiger charge is 2.42. The van der Waals surface area contributed by atoms with Gasteiger partial charge in [-0.05, 0) is 36.7 Å². The van der Waals surface area contributed by atoms with Crippen molar-refractivity contribution in [1.29, 1.82) is 0 Å². The molecule has 1 aromatic rings. The molecule has 0 saturated heterocycles. The van der Waals surface area contributed by atoms with Crippen molar-refractivity contribution in [3.63, 3.8) is 0 Å². The minimum atomic E-state index is 0.217. The Balaban J connectivity index is 2.31. The summed E-state index contributed by atoms with van der Waals surface area (Å²) in [5.41, 5.74) is 4.58. The van der Waals surface area contributed by atoms with E-state index in [-0.39, 0.29) is 6.04 Å². The Morgan fingerprint density at radius 2 is 2.11 bits per heavy atom. The summed E-state index contributed by atoms with van der Waals surface area (Å²) in [4.78, 5) is 0. The Morgan fingerprint density at radius 3 is 2.56 bits per heavy atom. The summed E-state index contributed by atoms with van der Waals surface area (Å²) < 4.78 is 1.95. The van der Waals surface area contributed by atoms with Crippen LogP contribution in [-0.2, 0) is 7.05 Å². The van der Waals surface area contributed by atoms with Crippen LogP contribution in [-0.4, -0.2) is 9.78 Å². The Labute approximate surface area is 110 Å². The first-order chi connectivity index (χ1) is 8.59. The molecule has 1 unspecified atom stereocenters. The molecular formula is C14H26N4. The van der Waals surface area contributed by atoms with E-state index in [0.717, 1.165) is 0 Å². The van der Waals surface area contributed by atoms with E-state index in [0.29, 0.717) is 11.3 Å². The number of hydrazine groups is 1. The Hall–Kier alpha value is -0.870. The van der Waals surface area contributed by atoms with Gasteiger partial charge in [0.2, 0.25) is 0 Å². The fourth-order valence-corrected chi connectivity index (χ4v) is 3.75. The highest BCUT2D eigenvalue weighted by molar-refractivity contribution is 5.13. The first-order valence-electron chi connectivity index (χ1n) is 7.03. The number of nitrogens with two attached hydrogens (primary N) is 1. The molecule has 0 aromatic carbocycles. The number of hydrogen-bond donors (Lipinski definition) is 2. The second kappa shape index (κ2) is 5.41. The minimum Gasteiger partial charge on any atom is -0.271 e. The summed E-state index contributed by atoms with van der Waals surface area (Å²) in [6.45, 7) is 4.60. The number of rotatable bonds is 5. The smallest absolute Gasteiger partial charge is 0.0685 e. The predicted molar refractivity (Wildman–Crippen MR) is 73.6 cm³/mol. The second-order valence-electron chi connectivity index (χ2n) is 6.15. The van der Waals surface area contributed by atoms with Crippen molar-refractivity contribution in [2.45, 2.75) is 52.0 Å². The van der Waals surface area contributed by atoms with Crippen LogP contribution in [0.3, 0.4) is 0 Å². The van der Waals surface area contributed by atoms with E-state index in [4.69, 9.17) is 5.84 Å². The molecule has 0 amide bonds. The standard InChI is InChI=1S/C14H26N4/c1-11(2)10-14(7-4-5-8-14)13(17-15)12-6-9-16-18(12)3/h6,9,11,13,17H,4-5,7-8,10,15H2,1-3H3. The molecule has 3 N–H and O–H groups in total. The van der Waals surface area contributed by atoms with Crippen molar-refractivity contribution in [2.75, 3.05) is 0 Å². The largest absolute Gasteiger partial charge is 0.271 e. The third-order valence-corrected chi connectivity index (χ3v) is 4.35. The fourth-order valence-electron chi connectivity index (χ4n) is 3.75. The molecule has 0 spiro atoms. The van der Waals surface area contributed by atoms with Crippen LogP contribution in [0.15, 0.2) is 12.3 Å². The molecule has 102 valence electrons. The van der Waals surface area contributed by atoms with Crippen molar-refractivity contribution >= 4 is 0 Å². The highest BCUT2D eigenvalue weighted by atomic mass is 15.3. The van der Waals surface area contributed by atoms with Crippen LogP contribution in [0.5, 0.6) is 0 Å². The van der Waals surface area contributed by atoms with Crippen molar-refractivity contribution in [2.24, 2.45) is 24.2 Å². The van der Waals surface area contributed by atoms with E-state index in [1.165, 1.54) is 37.8 Å². The Morgan fingerprint density at radius 1 is 1.44 bits per heavy atom. The SMILES string of the molecule is CC(C)CC1(C(NN)c2ccnn2C)CCCC1. The van der Waals surface area contributed by atoms with Crippen LogP contribution < -0.4 is 11.3 Å². The van der Waals surface area contributed by atoms with E-state index >= 15 is 0 Å². The van der Waals surface area contributed by atoms with Gasteiger partial charge < -0.3 is 0 Å². The summed E-state index contributed by atoms with van der Waals surface area (Å²) in [5, 5.41) is 4.29. The van der Waals surface area contributed by atoms with Crippen LogP contribution in [0.4, 0.5) is 0 Å². The maximum atomic E-state index is 5.88. The van der Waals surface area contributed by atoms with E-state index in [9.17, 15) is 0 Å². The minimum absolute atomic E-state index is 0.217. The van der Waals surface area contributed by atoms with Gasteiger partial charge in [0.1, 0.15) is 0 Å². The zero-order chi connectivity index (χ0) is 13.2. The van der Waals surface area contributed by atoms with Gasteiger partial charge in [-0.15, -0.1) is 0 Å². The van der Waals surface area contributed by atoms with Gasteiger partial charge in [-0.3, -0.25) is 16.0 Å². The summed E-state index contributed by atoms with van der Waals surface area (Å²) in [5.74, 6) is 6.58. The molecular weight excluding hydrogens is 224 g/mol. The van der Waals surface area contributed by atoms with E-state index in [1.54, 1.807) is 0 Å². The molecule has 1 aromatic heterocycles. The van der Waals surface area contributed by atoms with Crippen LogP contribution in [0.25, 0.3) is 0 Å². The van der Waals surface area contributed by atoms with Crippen LogP contribution in [0, 0.1) is 11.3 Å². The van der Waals surface area contributed by atoms with Gasteiger partial charge in [0.15, 0.2) is 0 Å². The lowest BCUT2D eigenvalue weighted by Gasteiger charge is -2.38. The molecule has 0 radical (unpaired) electrons. The lowest BCUT2D eigenvalue weighted by molar-refractivity contribution is 0.150. The molecule has 0 aliphatic heterocycles. The fraction of sp³-hybridized carbons (Fsp3) is 0.786. The molecule has 1 saturated carbocycles. The predicted octanol–water partition coefficient (Wildman–Crippen LogP) is 2.53. The van der Waals surface area contributed by atoms with Crippen molar-refractivity contribution in [3.05, 3.63) is 18.0 Å². The summed E-state index contributed by atoms with van der Waals surface area (Å²) in [7, 11) is 2.00. The third-order valence-electron chi connectivity index (χ3n) is 4.35. The molecule has 1 atom stereocenters. The Kier molecular flexibility index (Phi) is 4.07. The molecule has 2 rings (SSSR count). The monoisotopic (exact) mass is 250 g/mol. The zero-order valence-electron chi connectivity index (χ0n) is 11.8. The van der Waals surface area contributed by atoms with E-state index < -0.39 is 0 Å². The number of nitrogens with one attached hydrogen (secondary N) is 1. The summed E-state index contributed by atoms with van der Waals surface area (Å²) in [6.07, 6.45) is 8.27. The quantitative estimate of drug-likeness (QED) is 0.623. The summed E-state index contributed by atoms with van der Waals surface area (Å²) >= 11 is 0. The number of aromatic nitrogens is 2. The van der Waals surface area contributed by atoms with Gasteiger partial charge in [0.05, 0.1) is 11.7 Å². The number of hydrogen-bond acceptors (Lipinski definition) is 3. The van der Waals surface area contributed by atoms with Crippen LogP contribution >= 0.6 is 0 Å².